The smallest absolute Gasteiger partial charge is 0.328 e. The fraction of sp³-hybridized carbons (Fsp3) is 0.167. The third-order valence-corrected chi connectivity index (χ3v) is 2.42. The Labute approximate surface area is 110 Å². The van der Waals surface area contributed by atoms with Crippen LogP contribution in [0.5, 0.6) is 5.75 Å². The zero-order valence-electron chi connectivity index (χ0n) is 10.1. The summed E-state index contributed by atoms with van der Waals surface area (Å²) in [6.07, 6.45) is 2.57. The molecule has 0 saturated heterocycles. The van der Waals surface area contributed by atoms with Crippen LogP contribution in [0.15, 0.2) is 24.3 Å². The Bertz CT molecular complexity index is 486. The number of methoxy groups -OCH3 is 1. The first-order chi connectivity index (χ1) is 8.56. The van der Waals surface area contributed by atoms with Gasteiger partial charge < -0.3 is 20.5 Å². The SMILES string of the molecule is CNC(=S)Nc1cc(/C=C/C(=O)O)ccc1OC. The van der Waals surface area contributed by atoms with E-state index in [1.807, 2.05) is 0 Å². The molecule has 0 heterocycles. The van der Waals surface area contributed by atoms with Crippen LogP contribution in [-0.2, 0) is 4.79 Å². The largest absolute Gasteiger partial charge is 0.495 e. The van der Waals surface area contributed by atoms with Crippen molar-refractivity contribution >= 4 is 35.1 Å². The number of rotatable bonds is 4. The molecule has 0 atom stereocenters. The average Bonchev–Trinajstić information content (AvgIpc) is 2.36. The monoisotopic (exact) mass is 266 g/mol. The molecule has 0 aromatic heterocycles. The third kappa shape index (κ3) is 4.06. The standard InChI is InChI=1S/C12H14N2O3S/c1-13-12(18)14-9-7-8(4-6-11(15)16)3-5-10(9)17-2/h3-7H,1-2H3,(H,15,16)(H2,13,14,18)/b6-4+. The van der Waals surface area contributed by atoms with E-state index in [1.54, 1.807) is 32.4 Å². The van der Waals surface area contributed by atoms with Gasteiger partial charge in [0.05, 0.1) is 12.8 Å². The van der Waals surface area contributed by atoms with Gasteiger partial charge in [-0.3, -0.25) is 0 Å². The molecule has 0 spiro atoms. The molecule has 1 rings (SSSR count). The van der Waals surface area contributed by atoms with Gasteiger partial charge in [-0.1, -0.05) is 6.07 Å². The maximum absolute atomic E-state index is 10.4. The predicted octanol–water partition coefficient (Wildman–Crippen LogP) is 1.71. The average molecular weight is 266 g/mol. The second kappa shape index (κ2) is 6.61. The van der Waals surface area contributed by atoms with Crippen molar-refractivity contribution in [3.8, 4) is 5.75 Å². The molecule has 5 nitrogen and oxygen atoms in total. The number of carboxylic acid groups (broad SMARTS) is 1. The molecule has 96 valence electrons. The Morgan fingerprint density at radius 3 is 2.78 bits per heavy atom. The van der Waals surface area contributed by atoms with Gasteiger partial charge in [0.1, 0.15) is 5.75 Å². The van der Waals surface area contributed by atoms with Gasteiger partial charge in [-0.2, -0.15) is 0 Å². The molecule has 0 unspecified atom stereocenters. The summed E-state index contributed by atoms with van der Waals surface area (Å²) >= 11 is 5.00. The lowest BCUT2D eigenvalue weighted by Gasteiger charge is -2.12. The van der Waals surface area contributed by atoms with Gasteiger partial charge in [0.2, 0.25) is 0 Å². The van der Waals surface area contributed by atoms with Crippen LogP contribution >= 0.6 is 12.2 Å². The highest BCUT2D eigenvalue weighted by Crippen LogP contribution is 2.25. The summed E-state index contributed by atoms with van der Waals surface area (Å²) in [5, 5.41) is 14.8. The lowest BCUT2D eigenvalue weighted by atomic mass is 10.1. The van der Waals surface area contributed by atoms with Crippen molar-refractivity contribution in [2.45, 2.75) is 0 Å². The highest BCUT2D eigenvalue weighted by molar-refractivity contribution is 7.80. The van der Waals surface area contributed by atoms with Crippen molar-refractivity contribution in [1.82, 2.24) is 5.32 Å². The molecule has 0 bridgehead atoms. The first-order valence-electron chi connectivity index (χ1n) is 5.14. The van der Waals surface area contributed by atoms with Crippen LogP contribution in [0.1, 0.15) is 5.56 Å². The molecular weight excluding hydrogens is 252 g/mol. The van der Waals surface area contributed by atoms with E-state index in [2.05, 4.69) is 10.6 Å². The second-order valence-electron chi connectivity index (χ2n) is 3.34. The highest BCUT2D eigenvalue weighted by atomic mass is 32.1. The van der Waals surface area contributed by atoms with Crippen molar-refractivity contribution in [3.05, 3.63) is 29.8 Å². The quantitative estimate of drug-likeness (QED) is 0.569. The van der Waals surface area contributed by atoms with Crippen molar-refractivity contribution in [3.63, 3.8) is 0 Å². The molecule has 0 aliphatic heterocycles. The first-order valence-corrected chi connectivity index (χ1v) is 5.55. The Morgan fingerprint density at radius 2 is 2.22 bits per heavy atom. The zero-order valence-corrected chi connectivity index (χ0v) is 10.9. The van der Waals surface area contributed by atoms with Crippen LogP contribution < -0.4 is 15.4 Å². The van der Waals surface area contributed by atoms with Gasteiger partial charge >= 0.3 is 5.97 Å². The summed E-state index contributed by atoms with van der Waals surface area (Å²) < 4.78 is 5.18. The van der Waals surface area contributed by atoms with Crippen molar-refractivity contribution in [2.24, 2.45) is 0 Å². The first kappa shape index (κ1) is 14.0. The number of thiocarbonyl (C=S) groups is 1. The zero-order chi connectivity index (χ0) is 13.5. The van der Waals surface area contributed by atoms with Gasteiger partial charge in [0.25, 0.3) is 0 Å². The summed E-state index contributed by atoms with van der Waals surface area (Å²) in [5.74, 6) is -0.369. The number of hydrogen-bond acceptors (Lipinski definition) is 3. The molecule has 0 amide bonds. The molecule has 0 radical (unpaired) electrons. The number of aliphatic carboxylic acids is 1. The number of benzene rings is 1. The van der Waals surface area contributed by atoms with E-state index in [1.165, 1.54) is 6.08 Å². The minimum Gasteiger partial charge on any atom is -0.495 e. The topological polar surface area (TPSA) is 70.6 Å². The second-order valence-corrected chi connectivity index (χ2v) is 3.74. The maximum Gasteiger partial charge on any atom is 0.328 e. The van der Waals surface area contributed by atoms with Crippen molar-refractivity contribution < 1.29 is 14.6 Å². The number of hydrogen-bond donors (Lipinski definition) is 3. The summed E-state index contributed by atoms with van der Waals surface area (Å²) in [7, 11) is 3.26. The van der Waals surface area contributed by atoms with Crippen molar-refractivity contribution in [1.29, 1.82) is 0 Å². The van der Waals surface area contributed by atoms with Crippen LogP contribution in [0.3, 0.4) is 0 Å². The van der Waals surface area contributed by atoms with Crippen LogP contribution in [-0.4, -0.2) is 30.3 Å². The third-order valence-electron chi connectivity index (χ3n) is 2.12. The lowest BCUT2D eigenvalue weighted by Crippen LogP contribution is -2.24. The molecule has 0 aliphatic rings. The van der Waals surface area contributed by atoms with Gasteiger partial charge in [0.15, 0.2) is 5.11 Å². The summed E-state index contributed by atoms with van der Waals surface area (Å²) in [6.45, 7) is 0. The van der Waals surface area contributed by atoms with Crippen LogP contribution in [0, 0.1) is 0 Å². The van der Waals surface area contributed by atoms with E-state index in [0.717, 1.165) is 11.6 Å². The molecule has 18 heavy (non-hydrogen) atoms. The normalized spacial score (nSPS) is 10.1. The molecule has 0 saturated carbocycles. The number of ether oxygens (including phenoxy) is 1. The van der Waals surface area contributed by atoms with Gasteiger partial charge in [0, 0.05) is 13.1 Å². The number of carboxylic acids is 1. The van der Waals surface area contributed by atoms with E-state index in [-0.39, 0.29) is 0 Å². The van der Waals surface area contributed by atoms with Gasteiger partial charge in [-0.15, -0.1) is 0 Å². The Balaban J connectivity index is 3.01. The minimum absolute atomic E-state index is 0.452. The predicted molar refractivity (Wildman–Crippen MR) is 74.9 cm³/mol. The number of anilines is 1. The van der Waals surface area contributed by atoms with E-state index in [9.17, 15) is 4.79 Å². The summed E-state index contributed by atoms with van der Waals surface area (Å²) in [4.78, 5) is 10.4. The number of nitrogens with one attached hydrogen (secondary N) is 2. The Kier molecular flexibility index (Phi) is 5.13. The molecular formula is C12H14N2O3S. The molecule has 0 aliphatic carbocycles. The molecule has 1 aromatic rings. The fourth-order valence-electron chi connectivity index (χ4n) is 1.28. The summed E-state index contributed by atoms with van der Waals surface area (Å²) in [5.41, 5.74) is 1.41. The minimum atomic E-state index is -0.994. The van der Waals surface area contributed by atoms with E-state index in [0.29, 0.717) is 16.5 Å². The Morgan fingerprint density at radius 1 is 1.50 bits per heavy atom. The summed E-state index contributed by atoms with van der Waals surface area (Å²) in [6, 6.07) is 5.25. The maximum atomic E-state index is 10.4. The highest BCUT2D eigenvalue weighted by Gasteiger charge is 2.04. The molecule has 3 N–H and O–H groups in total. The fourth-order valence-corrected chi connectivity index (χ4v) is 1.39. The molecule has 0 fully saturated rings. The van der Waals surface area contributed by atoms with Gasteiger partial charge in [-0.05, 0) is 36.0 Å². The van der Waals surface area contributed by atoms with E-state index >= 15 is 0 Å². The lowest BCUT2D eigenvalue weighted by molar-refractivity contribution is -0.131. The van der Waals surface area contributed by atoms with Crippen molar-refractivity contribution in [2.75, 3.05) is 19.5 Å². The van der Waals surface area contributed by atoms with Crippen LogP contribution in [0.4, 0.5) is 5.69 Å². The molecule has 6 heteroatoms. The van der Waals surface area contributed by atoms with Gasteiger partial charge in [-0.25, -0.2) is 4.79 Å². The van der Waals surface area contributed by atoms with E-state index in [4.69, 9.17) is 22.1 Å². The van der Waals surface area contributed by atoms with Crippen LogP contribution in [0.25, 0.3) is 6.08 Å². The molecule has 1 aromatic carbocycles. The Hall–Kier alpha value is -2.08. The number of carbonyl (C=O) groups is 1. The van der Waals surface area contributed by atoms with E-state index < -0.39 is 5.97 Å². The van der Waals surface area contributed by atoms with Crippen LogP contribution in [0.2, 0.25) is 0 Å².